The molecule has 1 N–H and O–H groups in total. The van der Waals surface area contributed by atoms with Crippen LogP contribution in [0.25, 0.3) is 17.2 Å². The molecule has 1 unspecified atom stereocenters. The van der Waals surface area contributed by atoms with Gasteiger partial charge in [0.25, 0.3) is 11.3 Å². The van der Waals surface area contributed by atoms with Crippen LogP contribution in [0.5, 0.6) is 0 Å². The molecule has 142 valence electrons. The number of ether oxygens (including phenoxy) is 1. The Balaban J connectivity index is 1.91. The summed E-state index contributed by atoms with van der Waals surface area (Å²) in [6.07, 6.45) is 2.89. The molecule has 0 saturated heterocycles. The van der Waals surface area contributed by atoms with E-state index in [4.69, 9.17) is 0 Å². The van der Waals surface area contributed by atoms with Crippen molar-refractivity contribution in [3.8, 4) is 11.1 Å². The second-order valence-corrected chi connectivity index (χ2v) is 6.72. The van der Waals surface area contributed by atoms with Gasteiger partial charge in [-0.25, -0.2) is 13.3 Å². The first-order valence-electron chi connectivity index (χ1n) is 8.51. The van der Waals surface area contributed by atoms with Crippen molar-refractivity contribution in [1.29, 1.82) is 0 Å². The lowest BCUT2D eigenvalue weighted by atomic mass is 10.1. The fourth-order valence-electron chi connectivity index (χ4n) is 2.74. The molecule has 0 fully saturated rings. The summed E-state index contributed by atoms with van der Waals surface area (Å²) in [4.78, 5) is 11.3. The number of esters is 1. The monoisotopic (exact) mass is 393 g/mol. The normalized spacial score (nSPS) is 11.9. The van der Waals surface area contributed by atoms with Gasteiger partial charge in [0.05, 0.1) is 18.5 Å². The van der Waals surface area contributed by atoms with Crippen LogP contribution in [-0.2, 0) is 20.8 Å². The average Bonchev–Trinajstić information content (AvgIpc) is 2.73. The van der Waals surface area contributed by atoms with Crippen molar-refractivity contribution in [2.45, 2.75) is 0 Å². The Morgan fingerprint density at radius 2 is 1.61 bits per heavy atom. The van der Waals surface area contributed by atoms with E-state index in [1.54, 1.807) is 42.5 Å². The molecular weight excluding hydrogens is 374 g/mol. The summed E-state index contributed by atoms with van der Waals surface area (Å²) in [5, 5.41) is 0. The summed E-state index contributed by atoms with van der Waals surface area (Å²) >= 11 is -2.26. The Hall–Kier alpha value is -3.22. The summed E-state index contributed by atoms with van der Waals surface area (Å²) in [5.41, 5.74) is 3.90. The van der Waals surface area contributed by atoms with Gasteiger partial charge in [-0.15, -0.1) is 0 Å². The van der Waals surface area contributed by atoms with E-state index in [1.807, 2.05) is 42.5 Å². The van der Waals surface area contributed by atoms with Crippen molar-refractivity contribution in [1.82, 2.24) is 0 Å². The number of hydrogen-bond donors (Lipinski definition) is 1. The number of benzene rings is 3. The largest absolute Gasteiger partial charge is 0.466 e. The SMILES string of the molecule is COC(=O)C=Cc1cccc(N(c2ccc(-c3ccccc3)cc2)S(=O)O)c1. The minimum absolute atomic E-state index is 0.468. The third-order valence-electron chi connectivity index (χ3n) is 4.08. The number of carbonyl (C=O) groups is 1. The zero-order chi connectivity index (χ0) is 19.9. The Morgan fingerprint density at radius 1 is 0.929 bits per heavy atom. The summed E-state index contributed by atoms with van der Waals surface area (Å²) in [6.45, 7) is 0. The van der Waals surface area contributed by atoms with Gasteiger partial charge in [-0.05, 0) is 47.0 Å². The topological polar surface area (TPSA) is 66.8 Å². The molecular formula is C22H19NO4S. The van der Waals surface area contributed by atoms with E-state index in [-0.39, 0.29) is 0 Å². The highest BCUT2D eigenvalue weighted by Crippen LogP contribution is 2.30. The molecule has 0 heterocycles. The van der Waals surface area contributed by atoms with Crippen LogP contribution < -0.4 is 4.31 Å². The zero-order valence-electron chi connectivity index (χ0n) is 15.2. The van der Waals surface area contributed by atoms with E-state index >= 15 is 0 Å². The predicted octanol–water partition coefficient (Wildman–Crippen LogP) is 4.81. The highest BCUT2D eigenvalue weighted by atomic mass is 32.2. The molecule has 3 rings (SSSR count). The highest BCUT2D eigenvalue weighted by molar-refractivity contribution is 7.81. The molecule has 0 radical (unpaired) electrons. The van der Waals surface area contributed by atoms with Gasteiger partial charge in [-0.2, -0.15) is 0 Å². The van der Waals surface area contributed by atoms with Crippen molar-refractivity contribution in [2.24, 2.45) is 0 Å². The zero-order valence-corrected chi connectivity index (χ0v) is 16.0. The molecule has 0 aliphatic rings. The summed E-state index contributed by atoms with van der Waals surface area (Å²) < 4.78 is 27.8. The summed E-state index contributed by atoms with van der Waals surface area (Å²) in [6, 6.07) is 24.3. The van der Waals surface area contributed by atoms with Crippen LogP contribution >= 0.6 is 0 Å². The number of carbonyl (C=O) groups excluding carboxylic acids is 1. The lowest BCUT2D eigenvalue weighted by molar-refractivity contribution is -0.134. The standard InChI is InChI=1S/C22H19NO4S/c1-27-22(24)15-10-17-6-5-9-21(16-17)23(28(25)26)20-13-11-19(12-14-20)18-7-3-2-4-8-18/h2-16H,1H3,(H,25,26). The van der Waals surface area contributed by atoms with Gasteiger partial charge in [-0.3, -0.25) is 4.55 Å². The third kappa shape index (κ3) is 4.73. The fraction of sp³-hybridized carbons (Fsp3) is 0.0455. The van der Waals surface area contributed by atoms with Gasteiger partial charge in [0.1, 0.15) is 0 Å². The van der Waals surface area contributed by atoms with E-state index in [2.05, 4.69) is 4.74 Å². The van der Waals surface area contributed by atoms with Crippen molar-refractivity contribution < 1.29 is 18.3 Å². The van der Waals surface area contributed by atoms with Gasteiger partial charge in [0.15, 0.2) is 0 Å². The van der Waals surface area contributed by atoms with Gasteiger partial charge in [-0.1, -0.05) is 54.6 Å². The van der Waals surface area contributed by atoms with Crippen molar-refractivity contribution in [3.63, 3.8) is 0 Å². The van der Waals surface area contributed by atoms with Crippen LogP contribution in [0.15, 0.2) is 84.9 Å². The minimum atomic E-state index is -2.26. The van der Waals surface area contributed by atoms with Gasteiger partial charge < -0.3 is 4.74 Å². The van der Waals surface area contributed by atoms with E-state index in [0.717, 1.165) is 11.1 Å². The maximum Gasteiger partial charge on any atom is 0.330 e. The quantitative estimate of drug-likeness (QED) is 0.371. The second-order valence-electron chi connectivity index (χ2n) is 5.89. The van der Waals surface area contributed by atoms with Crippen LogP contribution in [0.4, 0.5) is 11.4 Å². The molecule has 28 heavy (non-hydrogen) atoms. The van der Waals surface area contributed by atoms with Crippen molar-refractivity contribution in [2.75, 3.05) is 11.4 Å². The molecule has 0 spiro atoms. The maximum atomic E-state index is 12.0. The number of nitrogens with zero attached hydrogens (tertiary/aromatic N) is 1. The van der Waals surface area contributed by atoms with E-state index in [0.29, 0.717) is 16.9 Å². The highest BCUT2D eigenvalue weighted by Gasteiger charge is 2.15. The molecule has 0 bridgehead atoms. The molecule has 3 aromatic carbocycles. The van der Waals surface area contributed by atoms with Gasteiger partial charge in [0, 0.05) is 6.08 Å². The van der Waals surface area contributed by atoms with Crippen LogP contribution in [-0.4, -0.2) is 21.8 Å². The predicted molar refractivity (Wildman–Crippen MR) is 112 cm³/mol. The molecule has 1 atom stereocenters. The minimum Gasteiger partial charge on any atom is -0.466 e. The van der Waals surface area contributed by atoms with Crippen molar-refractivity contribution in [3.05, 3.63) is 90.5 Å². The van der Waals surface area contributed by atoms with Crippen molar-refractivity contribution >= 4 is 34.7 Å². The number of methoxy groups -OCH3 is 1. The van der Waals surface area contributed by atoms with E-state index < -0.39 is 17.2 Å². The molecule has 3 aromatic rings. The van der Waals surface area contributed by atoms with E-state index in [1.165, 1.54) is 17.5 Å². The first kappa shape index (κ1) is 19.5. The van der Waals surface area contributed by atoms with Crippen LogP contribution in [0.2, 0.25) is 0 Å². The van der Waals surface area contributed by atoms with Gasteiger partial charge >= 0.3 is 5.97 Å². The molecule has 0 aliphatic carbocycles. The lowest BCUT2D eigenvalue weighted by Gasteiger charge is -2.20. The van der Waals surface area contributed by atoms with E-state index in [9.17, 15) is 13.6 Å². The summed E-state index contributed by atoms with van der Waals surface area (Å²) in [5.74, 6) is -0.468. The third-order valence-corrected chi connectivity index (χ3v) is 4.82. The Morgan fingerprint density at radius 3 is 2.25 bits per heavy atom. The first-order valence-corrected chi connectivity index (χ1v) is 9.57. The molecule has 6 heteroatoms. The average molecular weight is 393 g/mol. The molecule has 0 aromatic heterocycles. The molecule has 5 nitrogen and oxygen atoms in total. The number of rotatable bonds is 6. The van der Waals surface area contributed by atoms with Crippen LogP contribution in [0, 0.1) is 0 Å². The Bertz CT molecular complexity index is 1000. The Labute approximate surface area is 166 Å². The smallest absolute Gasteiger partial charge is 0.330 e. The lowest BCUT2D eigenvalue weighted by Crippen LogP contribution is -2.19. The first-order chi connectivity index (χ1) is 13.6. The Kier molecular flexibility index (Phi) is 6.37. The fourth-order valence-corrected chi connectivity index (χ4v) is 3.33. The summed E-state index contributed by atoms with van der Waals surface area (Å²) in [7, 11) is 1.30. The second kappa shape index (κ2) is 9.12. The molecule has 0 amide bonds. The number of hydrogen-bond acceptors (Lipinski definition) is 3. The number of anilines is 2. The molecule has 0 saturated carbocycles. The van der Waals surface area contributed by atoms with Crippen LogP contribution in [0.3, 0.4) is 0 Å². The maximum absolute atomic E-state index is 12.0. The van der Waals surface area contributed by atoms with Gasteiger partial charge in [0.2, 0.25) is 0 Å². The molecule has 0 aliphatic heterocycles. The van der Waals surface area contributed by atoms with Crippen LogP contribution in [0.1, 0.15) is 5.56 Å².